The van der Waals surface area contributed by atoms with Crippen LogP contribution >= 0.6 is 0 Å². The van der Waals surface area contributed by atoms with Gasteiger partial charge in [0, 0.05) is 44.1 Å². The lowest BCUT2D eigenvalue weighted by atomic mass is 10.1. The Hall–Kier alpha value is -2.83. The van der Waals surface area contributed by atoms with Crippen LogP contribution in [-0.4, -0.2) is 50.6 Å². The Labute approximate surface area is 153 Å². The molecule has 0 saturated carbocycles. The molecule has 0 aliphatic carbocycles. The van der Waals surface area contributed by atoms with E-state index in [4.69, 9.17) is 18.9 Å². The number of pyridine rings is 1. The van der Waals surface area contributed by atoms with E-state index in [1.54, 1.807) is 33.6 Å². The van der Waals surface area contributed by atoms with E-state index in [0.717, 1.165) is 31.6 Å². The molecule has 1 aromatic heterocycles. The Bertz CT molecular complexity index is 719. The minimum Gasteiger partial charge on any atom is -0.506 e. The average molecular weight is 360 g/mol. The van der Waals surface area contributed by atoms with E-state index >= 15 is 0 Å². The second-order valence-corrected chi connectivity index (χ2v) is 6.07. The number of piperidine rings is 1. The Balaban J connectivity index is 1.66. The summed E-state index contributed by atoms with van der Waals surface area (Å²) in [6, 6.07) is 5.35. The molecule has 7 heteroatoms. The van der Waals surface area contributed by atoms with Crippen molar-refractivity contribution in [1.82, 2.24) is 4.98 Å². The smallest absolute Gasteiger partial charge is 0.203 e. The summed E-state index contributed by atoms with van der Waals surface area (Å²) >= 11 is 0. The zero-order valence-corrected chi connectivity index (χ0v) is 15.3. The van der Waals surface area contributed by atoms with Gasteiger partial charge in [-0.15, -0.1) is 0 Å². The number of hydrogen-bond acceptors (Lipinski definition) is 7. The standard InChI is InChI=1S/C19H24N2O5/c1-23-17-9-16(10-18(24-2)19(17)25-3)26-15-4-6-21(7-5-15)13-8-14(22)12-20-11-13/h8-12,15,22H,4-7H2,1-3H3. The van der Waals surface area contributed by atoms with Crippen molar-refractivity contribution < 1.29 is 24.1 Å². The van der Waals surface area contributed by atoms with E-state index in [1.165, 1.54) is 6.20 Å². The monoisotopic (exact) mass is 360 g/mol. The number of ether oxygens (including phenoxy) is 4. The zero-order chi connectivity index (χ0) is 18.5. The molecule has 3 rings (SSSR count). The number of anilines is 1. The maximum Gasteiger partial charge on any atom is 0.203 e. The van der Waals surface area contributed by atoms with Crippen LogP contribution in [0, 0.1) is 0 Å². The highest BCUT2D eigenvalue weighted by Crippen LogP contribution is 2.41. The van der Waals surface area contributed by atoms with Gasteiger partial charge in [-0.25, -0.2) is 0 Å². The zero-order valence-electron chi connectivity index (χ0n) is 15.3. The average Bonchev–Trinajstić information content (AvgIpc) is 2.67. The molecule has 2 heterocycles. The van der Waals surface area contributed by atoms with Crippen LogP contribution in [0.2, 0.25) is 0 Å². The van der Waals surface area contributed by atoms with E-state index < -0.39 is 0 Å². The van der Waals surface area contributed by atoms with Crippen LogP contribution in [0.1, 0.15) is 12.8 Å². The first-order chi connectivity index (χ1) is 12.6. The fourth-order valence-electron chi connectivity index (χ4n) is 3.14. The molecule has 1 N–H and O–H groups in total. The highest BCUT2D eigenvalue weighted by Gasteiger charge is 2.22. The van der Waals surface area contributed by atoms with E-state index in [0.29, 0.717) is 23.0 Å². The van der Waals surface area contributed by atoms with Crippen LogP contribution in [0.25, 0.3) is 0 Å². The van der Waals surface area contributed by atoms with Crippen LogP contribution < -0.4 is 23.8 Å². The maximum atomic E-state index is 9.58. The molecule has 0 bridgehead atoms. The third-order valence-corrected chi connectivity index (χ3v) is 4.46. The quantitative estimate of drug-likeness (QED) is 0.849. The number of hydrogen-bond donors (Lipinski definition) is 1. The van der Waals surface area contributed by atoms with Gasteiger partial charge in [0.2, 0.25) is 5.75 Å². The molecular formula is C19H24N2O5. The van der Waals surface area contributed by atoms with Crippen LogP contribution in [0.5, 0.6) is 28.7 Å². The lowest BCUT2D eigenvalue weighted by Crippen LogP contribution is -2.38. The van der Waals surface area contributed by atoms with E-state index in [2.05, 4.69) is 9.88 Å². The SMILES string of the molecule is COc1cc(OC2CCN(c3cncc(O)c3)CC2)cc(OC)c1OC. The van der Waals surface area contributed by atoms with Crippen LogP contribution in [-0.2, 0) is 0 Å². The lowest BCUT2D eigenvalue weighted by Gasteiger charge is -2.33. The molecule has 1 fully saturated rings. The van der Waals surface area contributed by atoms with Crippen LogP contribution in [0.4, 0.5) is 5.69 Å². The van der Waals surface area contributed by atoms with Crippen molar-refractivity contribution >= 4 is 5.69 Å². The molecule has 0 unspecified atom stereocenters. The first-order valence-corrected chi connectivity index (χ1v) is 8.50. The molecule has 0 atom stereocenters. The summed E-state index contributed by atoms with van der Waals surface area (Å²) < 4.78 is 22.2. The lowest BCUT2D eigenvalue weighted by molar-refractivity contribution is 0.169. The van der Waals surface area contributed by atoms with Gasteiger partial charge in [0.05, 0.1) is 39.4 Å². The molecular weight excluding hydrogens is 336 g/mol. The number of nitrogens with zero attached hydrogens (tertiary/aromatic N) is 2. The van der Waals surface area contributed by atoms with E-state index in [-0.39, 0.29) is 11.9 Å². The highest BCUT2D eigenvalue weighted by atomic mass is 16.5. The maximum absolute atomic E-state index is 9.58. The molecule has 26 heavy (non-hydrogen) atoms. The molecule has 1 aliphatic heterocycles. The predicted molar refractivity (Wildman–Crippen MR) is 97.9 cm³/mol. The number of benzene rings is 1. The first-order valence-electron chi connectivity index (χ1n) is 8.50. The number of aromatic hydroxyl groups is 1. The second-order valence-electron chi connectivity index (χ2n) is 6.07. The number of methoxy groups -OCH3 is 3. The van der Waals surface area contributed by atoms with Gasteiger partial charge in [0.15, 0.2) is 11.5 Å². The van der Waals surface area contributed by atoms with Crippen molar-refractivity contribution in [2.45, 2.75) is 18.9 Å². The topological polar surface area (TPSA) is 73.3 Å². The van der Waals surface area contributed by atoms with Gasteiger partial charge in [0.1, 0.15) is 17.6 Å². The molecule has 0 spiro atoms. The van der Waals surface area contributed by atoms with Gasteiger partial charge in [-0.05, 0) is 0 Å². The molecule has 1 aliphatic rings. The summed E-state index contributed by atoms with van der Waals surface area (Å²) in [7, 11) is 4.75. The molecule has 0 radical (unpaired) electrons. The largest absolute Gasteiger partial charge is 0.506 e. The molecule has 1 aromatic carbocycles. The second kappa shape index (κ2) is 8.03. The van der Waals surface area contributed by atoms with Crippen LogP contribution in [0.3, 0.4) is 0 Å². The van der Waals surface area contributed by atoms with Crippen molar-refractivity contribution in [1.29, 1.82) is 0 Å². The normalized spacial score (nSPS) is 14.8. The van der Waals surface area contributed by atoms with Gasteiger partial charge < -0.3 is 29.0 Å². The van der Waals surface area contributed by atoms with Crippen molar-refractivity contribution in [3.05, 3.63) is 30.6 Å². The summed E-state index contributed by atoms with van der Waals surface area (Å²) in [4.78, 5) is 6.23. The molecule has 1 saturated heterocycles. The third kappa shape index (κ3) is 3.87. The molecule has 0 amide bonds. The van der Waals surface area contributed by atoms with Crippen LogP contribution in [0.15, 0.2) is 30.6 Å². The van der Waals surface area contributed by atoms with Crippen molar-refractivity contribution in [2.75, 3.05) is 39.3 Å². The van der Waals surface area contributed by atoms with Crippen molar-refractivity contribution in [3.8, 4) is 28.7 Å². The number of rotatable bonds is 6. The van der Waals surface area contributed by atoms with Crippen molar-refractivity contribution in [3.63, 3.8) is 0 Å². The number of aromatic nitrogens is 1. The summed E-state index contributed by atoms with van der Waals surface area (Å²) in [5, 5.41) is 9.58. The van der Waals surface area contributed by atoms with Gasteiger partial charge in [-0.3, -0.25) is 4.98 Å². The highest BCUT2D eigenvalue weighted by molar-refractivity contribution is 5.56. The van der Waals surface area contributed by atoms with E-state index in [9.17, 15) is 5.11 Å². The van der Waals surface area contributed by atoms with Gasteiger partial charge in [0.25, 0.3) is 0 Å². The summed E-state index contributed by atoms with van der Waals surface area (Å²) in [5.41, 5.74) is 0.927. The molecule has 140 valence electrons. The van der Waals surface area contributed by atoms with Gasteiger partial charge >= 0.3 is 0 Å². The molecule has 2 aromatic rings. The van der Waals surface area contributed by atoms with E-state index in [1.807, 2.05) is 12.1 Å². The third-order valence-electron chi connectivity index (χ3n) is 4.46. The Morgan fingerprint density at radius 2 is 1.62 bits per heavy atom. The minimum absolute atomic E-state index is 0.0966. The summed E-state index contributed by atoms with van der Waals surface area (Å²) in [6.45, 7) is 1.67. The van der Waals surface area contributed by atoms with Crippen molar-refractivity contribution in [2.24, 2.45) is 0 Å². The summed E-state index contributed by atoms with van der Waals surface area (Å²) in [6.07, 6.45) is 5.03. The summed E-state index contributed by atoms with van der Waals surface area (Å²) in [5.74, 6) is 2.57. The minimum atomic E-state index is 0.0966. The predicted octanol–water partition coefficient (Wildman–Crippen LogP) is 2.86. The Morgan fingerprint density at radius 1 is 0.962 bits per heavy atom. The fourth-order valence-corrected chi connectivity index (χ4v) is 3.14. The van der Waals surface area contributed by atoms with Gasteiger partial charge in [-0.2, -0.15) is 0 Å². The first kappa shape index (κ1) is 18.0. The Kier molecular flexibility index (Phi) is 5.55. The molecule has 7 nitrogen and oxygen atoms in total. The van der Waals surface area contributed by atoms with Gasteiger partial charge in [-0.1, -0.05) is 0 Å². The fraction of sp³-hybridized carbons (Fsp3) is 0.421. The Morgan fingerprint density at radius 3 is 2.15 bits per heavy atom.